The van der Waals surface area contributed by atoms with Crippen molar-refractivity contribution in [3.8, 4) is 0 Å². The molecular formula is C14H18Cl2N2O. The Hall–Kier alpha value is -0.770. The lowest BCUT2D eigenvalue weighted by Gasteiger charge is -2.30. The second-order valence-corrected chi connectivity index (χ2v) is 5.94. The average Bonchev–Trinajstić information content (AvgIpc) is 2.34. The molecule has 19 heavy (non-hydrogen) atoms. The third kappa shape index (κ3) is 4.10. The van der Waals surface area contributed by atoms with E-state index in [1.165, 1.54) is 6.42 Å². The van der Waals surface area contributed by atoms with E-state index < -0.39 is 0 Å². The lowest BCUT2D eigenvalue weighted by molar-refractivity contribution is -0.117. The number of hydrogen-bond acceptors (Lipinski definition) is 2. The summed E-state index contributed by atoms with van der Waals surface area (Å²) in [5, 5.41) is 3.73. The quantitative estimate of drug-likeness (QED) is 0.924. The Labute approximate surface area is 123 Å². The van der Waals surface area contributed by atoms with Crippen LogP contribution in [0.2, 0.25) is 10.0 Å². The van der Waals surface area contributed by atoms with E-state index in [1.54, 1.807) is 18.2 Å². The fourth-order valence-electron chi connectivity index (χ4n) is 2.43. The van der Waals surface area contributed by atoms with Crippen molar-refractivity contribution in [3.05, 3.63) is 28.2 Å². The molecule has 1 heterocycles. The van der Waals surface area contributed by atoms with Gasteiger partial charge in [-0.05, 0) is 37.4 Å². The summed E-state index contributed by atoms with van der Waals surface area (Å²) in [6, 6.07) is 5.19. The number of halogens is 2. The van der Waals surface area contributed by atoms with Gasteiger partial charge in [0.15, 0.2) is 0 Å². The fraction of sp³-hybridized carbons (Fsp3) is 0.500. The van der Waals surface area contributed by atoms with E-state index in [2.05, 4.69) is 17.1 Å². The van der Waals surface area contributed by atoms with Crippen LogP contribution in [-0.2, 0) is 4.79 Å². The Morgan fingerprint density at radius 1 is 1.42 bits per heavy atom. The van der Waals surface area contributed by atoms with Crippen LogP contribution in [0.4, 0.5) is 5.69 Å². The lowest BCUT2D eigenvalue weighted by Crippen LogP contribution is -2.39. The molecule has 0 spiro atoms. The molecule has 0 aliphatic carbocycles. The predicted octanol–water partition coefficient (Wildman–Crippen LogP) is 3.66. The summed E-state index contributed by atoms with van der Waals surface area (Å²) in [6.45, 7) is 4.57. The van der Waals surface area contributed by atoms with E-state index in [0.717, 1.165) is 19.5 Å². The summed E-state index contributed by atoms with van der Waals surface area (Å²) in [4.78, 5) is 14.2. The monoisotopic (exact) mass is 300 g/mol. The van der Waals surface area contributed by atoms with Crippen molar-refractivity contribution in [2.75, 3.05) is 25.0 Å². The number of benzene rings is 1. The number of likely N-dealkylation sites (tertiary alicyclic amines) is 1. The van der Waals surface area contributed by atoms with Crippen molar-refractivity contribution < 1.29 is 4.79 Å². The van der Waals surface area contributed by atoms with Gasteiger partial charge in [0.25, 0.3) is 0 Å². The Morgan fingerprint density at radius 2 is 2.11 bits per heavy atom. The molecule has 0 saturated carbocycles. The van der Waals surface area contributed by atoms with Crippen LogP contribution in [0.15, 0.2) is 18.2 Å². The molecule has 5 heteroatoms. The van der Waals surface area contributed by atoms with Gasteiger partial charge < -0.3 is 5.32 Å². The van der Waals surface area contributed by atoms with Crippen LogP contribution in [0, 0.1) is 5.92 Å². The first kappa shape index (κ1) is 14.6. The first-order valence-electron chi connectivity index (χ1n) is 6.52. The first-order chi connectivity index (χ1) is 9.06. The zero-order valence-electron chi connectivity index (χ0n) is 11.0. The second-order valence-electron chi connectivity index (χ2n) is 5.13. The van der Waals surface area contributed by atoms with Crippen molar-refractivity contribution >= 4 is 34.8 Å². The normalized spacial score (nSPS) is 20.3. The number of hydrogen-bond donors (Lipinski definition) is 1. The summed E-state index contributed by atoms with van der Waals surface area (Å²) in [7, 11) is 0. The van der Waals surface area contributed by atoms with Crippen LogP contribution in [-0.4, -0.2) is 30.4 Å². The minimum atomic E-state index is -0.0656. The number of carbonyl (C=O) groups excluding carboxylic acids is 1. The van der Waals surface area contributed by atoms with E-state index in [4.69, 9.17) is 23.2 Å². The topological polar surface area (TPSA) is 32.3 Å². The van der Waals surface area contributed by atoms with Crippen molar-refractivity contribution in [1.29, 1.82) is 0 Å². The van der Waals surface area contributed by atoms with Crippen molar-refractivity contribution in [3.63, 3.8) is 0 Å². The maximum atomic E-state index is 12.0. The largest absolute Gasteiger partial charge is 0.322 e. The van der Waals surface area contributed by atoms with Crippen LogP contribution >= 0.6 is 23.2 Å². The van der Waals surface area contributed by atoms with Crippen molar-refractivity contribution in [2.45, 2.75) is 19.8 Å². The van der Waals surface area contributed by atoms with Gasteiger partial charge in [0.1, 0.15) is 0 Å². The number of anilines is 1. The van der Waals surface area contributed by atoms with E-state index in [0.29, 0.717) is 28.2 Å². The molecule has 2 rings (SSSR count). The summed E-state index contributed by atoms with van der Waals surface area (Å²) < 4.78 is 0. The SMILES string of the molecule is C[C@H]1CCCN(CC(=O)Nc2c(Cl)cccc2Cl)C1. The molecule has 1 N–H and O–H groups in total. The van der Waals surface area contributed by atoms with E-state index >= 15 is 0 Å². The zero-order chi connectivity index (χ0) is 13.8. The molecule has 3 nitrogen and oxygen atoms in total. The van der Waals surface area contributed by atoms with Gasteiger partial charge >= 0.3 is 0 Å². The van der Waals surface area contributed by atoms with Gasteiger partial charge in [0.2, 0.25) is 5.91 Å². The number of amides is 1. The van der Waals surface area contributed by atoms with Crippen LogP contribution in [0.25, 0.3) is 0 Å². The molecule has 1 saturated heterocycles. The van der Waals surface area contributed by atoms with Crippen LogP contribution in [0.1, 0.15) is 19.8 Å². The molecular weight excluding hydrogens is 283 g/mol. The highest BCUT2D eigenvalue weighted by Crippen LogP contribution is 2.29. The Balaban J connectivity index is 1.94. The van der Waals surface area contributed by atoms with Crippen LogP contribution in [0.3, 0.4) is 0 Å². The molecule has 1 amide bonds. The number of carbonyl (C=O) groups is 1. The lowest BCUT2D eigenvalue weighted by atomic mass is 10.0. The Bertz CT molecular complexity index is 445. The molecule has 1 aliphatic rings. The molecule has 0 unspecified atom stereocenters. The van der Waals surface area contributed by atoms with Gasteiger partial charge in [-0.15, -0.1) is 0 Å². The Kier molecular flexibility index (Phi) is 5.08. The summed E-state index contributed by atoms with van der Waals surface area (Å²) in [5.74, 6) is 0.592. The van der Waals surface area contributed by atoms with Gasteiger partial charge in [0, 0.05) is 6.54 Å². The van der Waals surface area contributed by atoms with Gasteiger partial charge in [-0.3, -0.25) is 9.69 Å². The maximum Gasteiger partial charge on any atom is 0.238 e. The molecule has 104 valence electrons. The minimum Gasteiger partial charge on any atom is -0.322 e. The number of piperidine rings is 1. The third-order valence-electron chi connectivity index (χ3n) is 3.34. The summed E-state index contributed by atoms with van der Waals surface area (Å²) >= 11 is 12.1. The van der Waals surface area contributed by atoms with Gasteiger partial charge in [-0.25, -0.2) is 0 Å². The average molecular weight is 301 g/mol. The predicted molar refractivity (Wildman–Crippen MR) is 79.9 cm³/mol. The smallest absolute Gasteiger partial charge is 0.238 e. The second kappa shape index (κ2) is 6.60. The summed E-state index contributed by atoms with van der Waals surface area (Å²) in [5.41, 5.74) is 0.501. The molecule has 0 aromatic heterocycles. The first-order valence-corrected chi connectivity index (χ1v) is 7.28. The molecule has 0 radical (unpaired) electrons. The molecule has 0 bridgehead atoms. The third-order valence-corrected chi connectivity index (χ3v) is 3.97. The molecule has 1 aromatic rings. The number of nitrogens with one attached hydrogen (secondary N) is 1. The number of rotatable bonds is 3. The highest BCUT2D eigenvalue weighted by atomic mass is 35.5. The molecule has 1 aliphatic heterocycles. The van der Waals surface area contributed by atoms with Gasteiger partial charge in [-0.1, -0.05) is 36.2 Å². The molecule has 1 fully saturated rings. The van der Waals surface area contributed by atoms with E-state index in [9.17, 15) is 4.79 Å². The molecule has 1 aromatic carbocycles. The number of nitrogens with zero attached hydrogens (tertiary/aromatic N) is 1. The summed E-state index contributed by atoms with van der Waals surface area (Å²) in [6.07, 6.45) is 2.40. The Morgan fingerprint density at radius 3 is 2.74 bits per heavy atom. The van der Waals surface area contributed by atoms with Crippen LogP contribution < -0.4 is 5.32 Å². The van der Waals surface area contributed by atoms with E-state index in [1.807, 2.05) is 0 Å². The van der Waals surface area contributed by atoms with E-state index in [-0.39, 0.29) is 5.91 Å². The minimum absolute atomic E-state index is 0.0656. The highest BCUT2D eigenvalue weighted by Gasteiger charge is 2.19. The van der Waals surface area contributed by atoms with Crippen molar-refractivity contribution in [1.82, 2.24) is 4.90 Å². The van der Waals surface area contributed by atoms with Gasteiger partial charge in [0.05, 0.1) is 22.3 Å². The maximum absolute atomic E-state index is 12.0. The van der Waals surface area contributed by atoms with Crippen LogP contribution in [0.5, 0.6) is 0 Å². The standard InChI is InChI=1S/C14H18Cl2N2O/c1-10-4-3-7-18(8-10)9-13(19)17-14-11(15)5-2-6-12(14)16/h2,5-6,10H,3-4,7-9H2,1H3,(H,17,19)/t10-/m0/s1. The zero-order valence-corrected chi connectivity index (χ0v) is 12.5. The molecule has 1 atom stereocenters. The highest BCUT2D eigenvalue weighted by molar-refractivity contribution is 6.39. The number of para-hydroxylation sites is 1. The van der Waals surface area contributed by atoms with Gasteiger partial charge in [-0.2, -0.15) is 0 Å². The van der Waals surface area contributed by atoms with Crippen molar-refractivity contribution in [2.24, 2.45) is 5.92 Å². The fourth-order valence-corrected chi connectivity index (χ4v) is 2.92.